The zero-order chi connectivity index (χ0) is 17.7. The zero-order valence-electron chi connectivity index (χ0n) is 12.8. The first-order chi connectivity index (χ1) is 11.4. The van der Waals surface area contributed by atoms with Crippen LogP contribution in [-0.2, 0) is 4.79 Å². The third kappa shape index (κ3) is 4.07. The van der Waals surface area contributed by atoms with E-state index in [1.165, 1.54) is 24.3 Å². The van der Waals surface area contributed by atoms with Gasteiger partial charge in [0.2, 0.25) is 0 Å². The molecule has 124 valence electrons. The Bertz CT molecular complexity index is 804. The molecule has 0 aromatic heterocycles. The Labute approximate surface area is 137 Å². The van der Waals surface area contributed by atoms with Gasteiger partial charge in [-0.3, -0.25) is 19.7 Å². The van der Waals surface area contributed by atoms with Crippen LogP contribution in [0.15, 0.2) is 42.5 Å². The van der Waals surface area contributed by atoms with E-state index in [0.717, 1.165) is 0 Å². The van der Waals surface area contributed by atoms with Crippen molar-refractivity contribution in [1.29, 1.82) is 0 Å². The van der Waals surface area contributed by atoms with Crippen molar-refractivity contribution >= 4 is 23.2 Å². The van der Waals surface area contributed by atoms with Gasteiger partial charge in [-0.2, -0.15) is 0 Å². The molecule has 0 unspecified atom stereocenters. The van der Waals surface area contributed by atoms with Crippen molar-refractivity contribution in [2.45, 2.75) is 6.92 Å². The predicted molar refractivity (Wildman–Crippen MR) is 86.9 cm³/mol. The van der Waals surface area contributed by atoms with Gasteiger partial charge in [0.05, 0.1) is 16.2 Å². The average Bonchev–Trinajstić information content (AvgIpc) is 2.53. The fourth-order valence-corrected chi connectivity index (χ4v) is 2.06. The summed E-state index contributed by atoms with van der Waals surface area (Å²) in [4.78, 5) is 33.5. The van der Waals surface area contributed by atoms with Crippen LogP contribution in [0.2, 0.25) is 0 Å². The highest BCUT2D eigenvalue weighted by atomic mass is 16.6. The Balaban J connectivity index is 2.00. The van der Waals surface area contributed by atoms with Crippen molar-refractivity contribution in [3.63, 3.8) is 0 Å². The highest BCUT2D eigenvalue weighted by molar-refractivity contribution is 6.03. The van der Waals surface area contributed by atoms with Crippen molar-refractivity contribution in [3.8, 4) is 5.75 Å². The number of rotatable bonds is 6. The molecule has 0 fully saturated rings. The summed E-state index contributed by atoms with van der Waals surface area (Å²) in [5.74, 6) is -0.811. The smallest absolute Gasteiger partial charge is 0.272 e. The number of benzene rings is 2. The fraction of sp³-hybridized carbons (Fsp3) is 0.125. The Kier molecular flexibility index (Phi) is 5.10. The molecule has 24 heavy (non-hydrogen) atoms. The van der Waals surface area contributed by atoms with Crippen LogP contribution in [-0.4, -0.2) is 23.3 Å². The summed E-state index contributed by atoms with van der Waals surface area (Å²) in [6.07, 6.45) is 0. The van der Waals surface area contributed by atoms with Crippen LogP contribution in [0.3, 0.4) is 0 Å². The maximum absolute atomic E-state index is 11.9. The van der Waals surface area contributed by atoms with Gasteiger partial charge in [-0.25, -0.2) is 0 Å². The molecule has 0 radical (unpaired) electrons. The summed E-state index contributed by atoms with van der Waals surface area (Å²) < 4.78 is 5.31. The normalized spacial score (nSPS) is 10.0. The van der Waals surface area contributed by atoms with E-state index < -0.39 is 16.7 Å². The number of anilines is 1. The summed E-state index contributed by atoms with van der Waals surface area (Å²) in [6, 6.07) is 10.5. The lowest BCUT2D eigenvalue weighted by Gasteiger charge is -2.10. The second-order valence-corrected chi connectivity index (χ2v) is 4.95. The Morgan fingerprint density at radius 3 is 2.58 bits per heavy atom. The average molecular weight is 329 g/mol. The molecule has 0 spiro atoms. The molecule has 2 aromatic rings. The zero-order valence-corrected chi connectivity index (χ0v) is 12.8. The van der Waals surface area contributed by atoms with Crippen LogP contribution < -0.4 is 15.8 Å². The van der Waals surface area contributed by atoms with Gasteiger partial charge in [-0.1, -0.05) is 12.1 Å². The van der Waals surface area contributed by atoms with E-state index in [4.69, 9.17) is 10.5 Å². The second kappa shape index (κ2) is 7.23. The standard InChI is InChI=1S/C16H15N3O5/c1-10-8-11(6-7-14(10)19(22)23)24-9-15(20)18-13-5-3-2-4-12(13)16(17)21/h2-8H,9H2,1H3,(H2,17,21)(H,18,20). The lowest BCUT2D eigenvalue weighted by Crippen LogP contribution is -2.22. The van der Waals surface area contributed by atoms with Gasteiger partial charge in [0.25, 0.3) is 17.5 Å². The van der Waals surface area contributed by atoms with Crippen LogP contribution in [0.4, 0.5) is 11.4 Å². The van der Waals surface area contributed by atoms with E-state index in [1.54, 1.807) is 25.1 Å². The van der Waals surface area contributed by atoms with E-state index in [-0.39, 0.29) is 17.9 Å². The van der Waals surface area contributed by atoms with E-state index in [2.05, 4.69) is 5.32 Å². The molecule has 0 aliphatic rings. The van der Waals surface area contributed by atoms with Gasteiger partial charge >= 0.3 is 0 Å². The number of hydrogen-bond acceptors (Lipinski definition) is 5. The van der Waals surface area contributed by atoms with Crippen LogP contribution in [0.1, 0.15) is 15.9 Å². The third-order valence-corrected chi connectivity index (χ3v) is 3.20. The molecule has 2 rings (SSSR count). The molecule has 0 heterocycles. The molecule has 8 nitrogen and oxygen atoms in total. The SMILES string of the molecule is Cc1cc(OCC(=O)Nc2ccccc2C(N)=O)ccc1[N+](=O)[O-]. The van der Waals surface area contributed by atoms with Crippen LogP contribution in [0.5, 0.6) is 5.75 Å². The molecule has 2 amide bonds. The highest BCUT2D eigenvalue weighted by Crippen LogP contribution is 2.23. The number of carbonyl (C=O) groups is 2. The number of primary amides is 1. The Morgan fingerprint density at radius 2 is 1.96 bits per heavy atom. The topological polar surface area (TPSA) is 125 Å². The number of para-hydroxylation sites is 1. The number of ether oxygens (including phenoxy) is 1. The third-order valence-electron chi connectivity index (χ3n) is 3.20. The molecule has 2 aromatic carbocycles. The van der Waals surface area contributed by atoms with E-state index in [0.29, 0.717) is 17.0 Å². The summed E-state index contributed by atoms with van der Waals surface area (Å²) in [6.45, 7) is 1.26. The van der Waals surface area contributed by atoms with Crippen LogP contribution in [0.25, 0.3) is 0 Å². The molecule has 0 atom stereocenters. The second-order valence-electron chi connectivity index (χ2n) is 4.95. The van der Waals surface area contributed by atoms with Gasteiger partial charge in [0, 0.05) is 11.6 Å². The number of amides is 2. The summed E-state index contributed by atoms with van der Waals surface area (Å²) in [7, 11) is 0. The maximum atomic E-state index is 11.9. The monoisotopic (exact) mass is 329 g/mol. The molecular weight excluding hydrogens is 314 g/mol. The number of nitro groups is 1. The lowest BCUT2D eigenvalue weighted by molar-refractivity contribution is -0.385. The highest BCUT2D eigenvalue weighted by Gasteiger charge is 2.13. The van der Waals surface area contributed by atoms with E-state index >= 15 is 0 Å². The molecule has 3 N–H and O–H groups in total. The minimum atomic E-state index is -0.655. The fourth-order valence-electron chi connectivity index (χ4n) is 2.06. The first-order valence-electron chi connectivity index (χ1n) is 6.95. The molecule has 0 saturated carbocycles. The first kappa shape index (κ1) is 16.9. The minimum Gasteiger partial charge on any atom is -0.484 e. The van der Waals surface area contributed by atoms with Crippen molar-refractivity contribution < 1.29 is 19.2 Å². The van der Waals surface area contributed by atoms with Gasteiger partial charge in [0.1, 0.15) is 5.75 Å². The number of aryl methyl sites for hydroxylation is 1. The quantitative estimate of drug-likeness (QED) is 0.619. The summed E-state index contributed by atoms with van der Waals surface area (Å²) in [5.41, 5.74) is 6.12. The molecular formula is C16H15N3O5. The van der Waals surface area contributed by atoms with Gasteiger partial charge < -0.3 is 15.8 Å². The number of nitrogens with one attached hydrogen (secondary N) is 1. The van der Waals surface area contributed by atoms with E-state index in [1.807, 2.05) is 0 Å². The predicted octanol–water partition coefficient (Wildman–Crippen LogP) is 2.02. The maximum Gasteiger partial charge on any atom is 0.272 e. The molecule has 0 saturated heterocycles. The van der Waals surface area contributed by atoms with Crippen molar-refractivity contribution in [3.05, 3.63) is 63.7 Å². The largest absolute Gasteiger partial charge is 0.484 e. The number of nitrogens with two attached hydrogens (primary N) is 1. The number of carbonyl (C=O) groups excluding carboxylic acids is 2. The van der Waals surface area contributed by atoms with Crippen molar-refractivity contribution in [1.82, 2.24) is 0 Å². The molecule has 0 aliphatic carbocycles. The van der Waals surface area contributed by atoms with Gasteiger partial charge in [-0.05, 0) is 31.2 Å². The van der Waals surface area contributed by atoms with Crippen LogP contribution >= 0.6 is 0 Å². The summed E-state index contributed by atoms with van der Waals surface area (Å²) >= 11 is 0. The van der Waals surface area contributed by atoms with Gasteiger partial charge in [0.15, 0.2) is 6.61 Å². The van der Waals surface area contributed by atoms with Gasteiger partial charge in [-0.15, -0.1) is 0 Å². The van der Waals surface area contributed by atoms with E-state index in [9.17, 15) is 19.7 Å². The lowest BCUT2D eigenvalue weighted by atomic mass is 10.1. The first-order valence-corrected chi connectivity index (χ1v) is 6.95. The molecule has 0 aliphatic heterocycles. The number of nitro benzene ring substituents is 1. The number of nitrogens with zero attached hydrogens (tertiary/aromatic N) is 1. The van der Waals surface area contributed by atoms with Crippen molar-refractivity contribution in [2.75, 3.05) is 11.9 Å². The Hall–Kier alpha value is -3.42. The number of hydrogen-bond donors (Lipinski definition) is 2. The molecule has 8 heteroatoms. The summed E-state index contributed by atoms with van der Waals surface area (Å²) in [5, 5.41) is 13.3. The van der Waals surface area contributed by atoms with Crippen molar-refractivity contribution in [2.24, 2.45) is 5.73 Å². The van der Waals surface area contributed by atoms with Crippen LogP contribution in [0, 0.1) is 17.0 Å². The minimum absolute atomic E-state index is 0.0258. The molecule has 0 bridgehead atoms. The Morgan fingerprint density at radius 1 is 1.25 bits per heavy atom.